The third-order valence-electron chi connectivity index (χ3n) is 3.69. The Kier molecular flexibility index (Phi) is 6.42. The molecule has 1 atom stereocenters. The van der Waals surface area contributed by atoms with Crippen molar-refractivity contribution in [2.45, 2.75) is 33.7 Å². The standard InChI is InChI=1S/C20H24BrN3O2/c1-13(18(25)23-17-7-5-6-14(21)12-17)22-15-8-10-16(11-9-15)24-19(26)20(2,3)4/h5-13,22H,1-4H3,(H,23,25)(H,24,26). The highest BCUT2D eigenvalue weighted by Crippen LogP contribution is 2.20. The topological polar surface area (TPSA) is 70.2 Å². The second-order valence-electron chi connectivity index (χ2n) is 7.15. The number of anilines is 3. The number of benzene rings is 2. The van der Waals surface area contributed by atoms with Crippen LogP contribution in [-0.2, 0) is 9.59 Å². The van der Waals surface area contributed by atoms with E-state index in [9.17, 15) is 9.59 Å². The number of carbonyl (C=O) groups excluding carboxylic acids is 2. The lowest BCUT2D eigenvalue weighted by molar-refractivity contribution is -0.123. The summed E-state index contributed by atoms with van der Waals surface area (Å²) < 4.78 is 0.906. The van der Waals surface area contributed by atoms with Crippen LogP contribution in [0.3, 0.4) is 0 Å². The molecule has 2 amide bonds. The van der Waals surface area contributed by atoms with E-state index in [4.69, 9.17) is 0 Å². The van der Waals surface area contributed by atoms with Gasteiger partial charge in [0.05, 0.1) is 0 Å². The Bertz CT molecular complexity index is 782. The van der Waals surface area contributed by atoms with E-state index in [-0.39, 0.29) is 11.8 Å². The van der Waals surface area contributed by atoms with E-state index < -0.39 is 11.5 Å². The fourth-order valence-corrected chi connectivity index (χ4v) is 2.50. The first kappa shape index (κ1) is 20.0. The number of nitrogens with one attached hydrogen (secondary N) is 3. The Morgan fingerprint density at radius 2 is 1.54 bits per heavy atom. The Hall–Kier alpha value is -2.34. The molecule has 0 heterocycles. The highest BCUT2D eigenvalue weighted by atomic mass is 79.9. The van der Waals surface area contributed by atoms with Crippen LogP contribution in [0.1, 0.15) is 27.7 Å². The van der Waals surface area contributed by atoms with Crippen LogP contribution in [0.5, 0.6) is 0 Å². The third kappa shape index (κ3) is 5.88. The molecule has 0 aliphatic heterocycles. The van der Waals surface area contributed by atoms with Gasteiger partial charge in [-0.15, -0.1) is 0 Å². The molecule has 1 unspecified atom stereocenters. The molecular weight excluding hydrogens is 394 g/mol. The number of hydrogen-bond donors (Lipinski definition) is 3. The van der Waals surface area contributed by atoms with Crippen LogP contribution < -0.4 is 16.0 Å². The first-order valence-electron chi connectivity index (χ1n) is 8.39. The maximum absolute atomic E-state index is 12.3. The Morgan fingerprint density at radius 3 is 2.12 bits per heavy atom. The zero-order valence-electron chi connectivity index (χ0n) is 15.4. The van der Waals surface area contributed by atoms with E-state index in [1.54, 1.807) is 6.92 Å². The molecule has 0 fully saturated rings. The van der Waals surface area contributed by atoms with Crippen molar-refractivity contribution < 1.29 is 9.59 Å². The van der Waals surface area contributed by atoms with Gasteiger partial charge in [0.1, 0.15) is 6.04 Å². The highest BCUT2D eigenvalue weighted by Gasteiger charge is 2.21. The summed E-state index contributed by atoms with van der Waals surface area (Å²) in [6.07, 6.45) is 0. The number of rotatable bonds is 5. The van der Waals surface area contributed by atoms with Crippen molar-refractivity contribution in [2.24, 2.45) is 5.41 Å². The first-order chi connectivity index (χ1) is 12.1. The van der Waals surface area contributed by atoms with E-state index in [2.05, 4.69) is 31.9 Å². The summed E-state index contributed by atoms with van der Waals surface area (Å²) >= 11 is 3.38. The Labute approximate surface area is 162 Å². The van der Waals surface area contributed by atoms with Gasteiger partial charge < -0.3 is 16.0 Å². The average molecular weight is 418 g/mol. The van der Waals surface area contributed by atoms with Crippen LogP contribution in [0.2, 0.25) is 0 Å². The molecule has 0 saturated carbocycles. The van der Waals surface area contributed by atoms with Gasteiger partial charge >= 0.3 is 0 Å². The normalized spacial score (nSPS) is 12.2. The van der Waals surface area contributed by atoms with Crippen molar-refractivity contribution in [2.75, 3.05) is 16.0 Å². The molecule has 2 rings (SSSR count). The van der Waals surface area contributed by atoms with E-state index in [1.165, 1.54) is 0 Å². The first-order valence-corrected chi connectivity index (χ1v) is 9.19. The molecule has 0 radical (unpaired) electrons. The summed E-state index contributed by atoms with van der Waals surface area (Å²) in [5.74, 6) is -0.173. The molecule has 3 N–H and O–H groups in total. The fraction of sp³-hybridized carbons (Fsp3) is 0.300. The molecule has 0 bridgehead atoms. The quantitative estimate of drug-likeness (QED) is 0.649. The predicted molar refractivity (Wildman–Crippen MR) is 110 cm³/mol. The predicted octanol–water partition coefficient (Wildman–Crippen LogP) is 4.87. The van der Waals surface area contributed by atoms with Gasteiger partial charge in [-0.1, -0.05) is 42.8 Å². The second-order valence-corrected chi connectivity index (χ2v) is 8.06. The van der Waals surface area contributed by atoms with E-state index in [0.717, 1.165) is 21.5 Å². The van der Waals surface area contributed by atoms with Crippen molar-refractivity contribution in [3.05, 3.63) is 53.0 Å². The van der Waals surface area contributed by atoms with Crippen LogP contribution in [0.25, 0.3) is 0 Å². The Balaban J connectivity index is 1.93. The summed E-state index contributed by atoms with van der Waals surface area (Å²) in [5.41, 5.74) is 1.81. The minimum Gasteiger partial charge on any atom is -0.374 e. The highest BCUT2D eigenvalue weighted by molar-refractivity contribution is 9.10. The molecule has 0 aliphatic carbocycles. The third-order valence-corrected chi connectivity index (χ3v) is 4.19. The smallest absolute Gasteiger partial charge is 0.246 e. The number of halogens is 1. The minimum atomic E-state index is -0.448. The van der Waals surface area contributed by atoms with Crippen molar-refractivity contribution in [3.8, 4) is 0 Å². The SMILES string of the molecule is CC(Nc1ccc(NC(=O)C(C)(C)C)cc1)C(=O)Nc1cccc(Br)c1. The molecule has 0 saturated heterocycles. The number of amides is 2. The number of carbonyl (C=O) groups is 2. The van der Waals surface area contributed by atoms with Gasteiger partial charge in [0.15, 0.2) is 0 Å². The summed E-state index contributed by atoms with van der Waals surface area (Å²) in [4.78, 5) is 24.3. The molecule has 0 aromatic heterocycles. The van der Waals surface area contributed by atoms with Gasteiger partial charge in [-0.2, -0.15) is 0 Å². The van der Waals surface area contributed by atoms with Gasteiger partial charge in [-0.25, -0.2) is 0 Å². The monoisotopic (exact) mass is 417 g/mol. The number of hydrogen-bond acceptors (Lipinski definition) is 3. The van der Waals surface area contributed by atoms with Crippen LogP contribution in [0, 0.1) is 5.41 Å². The molecular formula is C20H24BrN3O2. The van der Waals surface area contributed by atoms with Crippen molar-refractivity contribution in [3.63, 3.8) is 0 Å². The summed E-state index contributed by atoms with van der Waals surface area (Å²) in [5, 5.41) is 8.89. The van der Waals surface area contributed by atoms with Gasteiger partial charge in [0, 0.05) is 26.9 Å². The fourth-order valence-electron chi connectivity index (χ4n) is 2.10. The maximum Gasteiger partial charge on any atom is 0.246 e. The lowest BCUT2D eigenvalue weighted by atomic mass is 9.95. The van der Waals surface area contributed by atoms with Crippen molar-refractivity contribution in [1.29, 1.82) is 0 Å². The Morgan fingerprint density at radius 1 is 0.923 bits per heavy atom. The zero-order chi connectivity index (χ0) is 19.3. The van der Waals surface area contributed by atoms with Crippen LogP contribution in [0.4, 0.5) is 17.1 Å². The van der Waals surface area contributed by atoms with E-state index >= 15 is 0 Å². The van der Waals surface area contributed by atoms with Gasteiger partial charge in [-0.3, -0.25) is 9.59 Å². The van der Waals surface area contributed by atoms with Crippen molar-refractivity contribution >= 4 is 44.8 Å². The van der Waals surface area contributed by atoms with Gasteiger partial charge in [-0.05, 0) is 49.4 Å². The maximum atomic E-state index is 12.3. The zero-order valence-corrected chi connectivity index (χ0v) is 17.0. The van der Waals surface area contributed by atoms with Crippen LogP contribution >= 0.6 is 15.9 Å². The molecule has 0 spiro atoms. The molecule has 138 valence electrons. The largest absolute Gasteiger partial charge is 0.374 e. The summed E-state index contributed by atoms with van der Waals surface area (Å²) in [6, 6.07) is 14.3. The van der Waals surface area contributed by atoms with Crippen LogP contribution in [-0.4, -0.2) is 17.9 Å². The molecule has 26 heavy (non-hydrogen) atoms. The van der Waals surface area contributed by atoms with E-state index in [1.807, 2.05) is 69.3 Å². The molecule has 6 heteroatoms. The second kappa shape index (κ2) is 8.36. The minimum absolute atomic E-state index is 0.0417. The molecule has 2 aromatic rings. The summed E-state index contributed by atoms with van der Waals surface area (Å²) in [7, 11) is 0. The molecule has 5 nitrogen and oxygen atoms in total. The lowest BCUT2D eigenvalue weighted by Gasteiger charge is -2.18. The molecule has 0 aliphatic rings. The van der Waals surface area contributed by atoms with Gasteiger partial charge in [0.2, 0.25) is 11.8 Å². The molecule has 2 aromatic carbocycles. The summed E-state index contributed by atoms with van der Waals surface area (Å²) in [6.45, 7) is 7.39. The average Bonchev–Trinajstić information content (AvgIpc) is 2.55. The van der Waals surface area contributed by atoms with E-state index in [0.29, 0.717) is 0 Å². The lowest BCUT2D eigenvalue weighted by Crippen LogP contribution is -2.31. The van der Waals surface area contributed by atoms with Gasteiger partial charge in [0.25, 0.3) is 0 Å². The van der Waals surface area contributed by atoms with Crippen molar-refractivity contribution in [1.82, 2.24) is 0 Å². The van der Waals surface area contributed by atoms with Crippen LogP contribution in [0.15, 0.2) is 53.0 Å².